The number of nitrogens with one attached hydrogen (secondary N) is 2. The van der Waals surface area contributed by atoms with Gasteiger partial charge in [-0.15, -0.1) is 0 Å². The molecule has 1 fully saturated rings. The largest absolute Gasteiger partial charge is 0.326 e. The van der Waals surface area contributed by atoms with Gasteiger partial charge < -0.3 is 10.6 Å². The molecule has 2 aromatic carbocycles. The number of urea groups is 1. The number of benzene rings is 2. The summed E-state index contributed by atoms with van der Waals surface area (Å²) in [5.41, 5.74) is 1.89. The van der Waals surface area contributed by atoms with Crippen LogP contribution < -0.4 is 10.6 Å². The van der Waals surface area contributed by atoms with Crippen LogP contribution >= 0.6 is 0 Å². The van der Waals surface area contributed by atoms with Crippen LogP contribution in [0.2, 0.25) is 0 Å². The molecule has 4 amide bonds. The summed E-state index contributed by atoms with van der Waals surface area (Å²) in [7, 11) is 0. The molecule has 0 radical (unpaired) electrons. The first-order chi connectivity index (χ1) is 13.4. The van der Waals surface area contributed by atoms with Crippen molar-refractivity contribution >= 4 is 23.5 Å². The Hall–Kier alpha value is -3.22. The quantitative estimate of drug-likeness (QED) is 0.722. The lowest BCUT2D eigenvalue weighted by Gasteiger charge is -2.13. The van der Waals surface area contributed by atoms with E-state index < -0.39 is 17.9 Å². The normalized spacial score (nSPS) is 16.2. The van der Waals surface area contributed by atoms with Crippen molar-refractivity contribution in [2.24, 2.45) is 0 Å². The molecule has 1 heterocycles. The Bertz CT molecular complexity index is 886. The molecule has 146 valence electrons. The maximum absolute atomic E-state index is 13.5. The lowest BCUT2D eigenvalue weighted by Crippen LogP contribution is -2.33. The summed E-state index contributed by atoms with van der Waals surface area (Å²) in [5.74, 6) is -1.06. The van der Waals surface area contributed by atoms with Crippen molar-refractivity contribution in [3.05, 3.63) is 65.5 Å². The number of hydrogen-bond acceptors (Lipinski definition) is 3. The van der Waals surface area contributed by atoms with E-state index in [1.807, 2.05) is 30.3 Å². The molecule has 1 aliphatic rings. The lowest BCUT2D eigenvalue weighted by atomic mass is 10.1. The van der Waals surface area contributed by atoms with E-state index in [0.717, 1.165) is 5.56 Å². The van der Waals surface area contributed by atoms with E-state index in [1.54, 1.807) is 19.1 Å². The number of anilines is 1. The molecule has 0 bridgehead atoms. The summed E-state index contributed by atoms with van der Waals surface area (Å²) in [6.07, 6.45) is 0.803. The van der Waals surface area contributed by atoms with Gasteiger partial charge in [-0.1, -0.05) is 36.4 Å². The Balaban J connectivity index is 1.49. The summed E-state index contributed by atoms with van der Waals surface area (Å²) in [6.45, 7) is 1.93. The number of nitrogens with zero attached hydrogens (tertiary/aromatic N) is 1. The van der Waals surface area contributed by atoms with Crippen LogP contribution in [-0.4, -0.2) is 35.3 Å². The number of carbonyl (C=O) groups excluding carboxylic acids is 3. The fourth-order valence-electron chi connectivity index (χ4n) is 3.04. The first kappa shape index (κ1) is 19.5. The third kappa shape index (κ3) is 4.73. The smallest absolute Gasteiger partial charge is 0.324 e. The second-order valence-electron chi connectivity index (χ2n) is 6.78. The zero-order chi connectivity index (χ0) is 20.1. The first-order valence-electron chi connectivity index (χ1n) is 9.16. The van der Waals surface area contributed by atoms with Crippen molar-refractivity contribution in [2.45, 2.75) is 32.2 Å². The van der Waals surface area contributed by atoms with E-state index >= 15 is 0 Å². The second-order valence-corrected chi connectivity index (χ2v) is 6.78. The van der Waals surface area contributed by atoms with Crippen molar-refractivity contribution in [2.75, 3.05) is 11.9 Å². The molecule has 2 aromatic rings. The van der Waals surface area contributed by atoms with Gasteiger partial charge in [-0.2, -0.15) is 0 Å². The van der Waals surface area contributed by atoms with E-state index in [0.29, 0.717) is 24.2 Å². The molecule has 0 spiro atoms. The van der Waals surface area contributed by atoms with Crippen LogP contribution in [0.1, 0.15) is 24.0 Å². The van der Waals surface area contributed by atoms with Gasteiger partial charge in [0.1, 0.15) is 11.9 Å². The van der Waals surface area contributed by atoms with E-state index in [-0.39, 0.29) is 24.7 Å². The molecule has 0 unspecified atom stereocenters. The van der Waals surface area contributed by atoms with Crippen LogP contribution in [-0.2, 0) is 16.0 Å². The molecule has 3 rings (SSSR count). The third-order valence-corrected chi connectivity index (χ3v) is 4.69. The van der Waals surface area contributed by atoms with Gasteiger partial charge in [0.15, 0.2) is 0 Å². The second kappa shape index (κ2) is 8.65. The number of aryl methyl sites for hydroxylation is 1. The van der Waals surface area contributed by atoms with Crippen LogP contribution in [0.5, 0.6) is 0 Å². The molecular formula is C21H22FN3O3. The summed E-state index contributed by atoms with van der Waals surface area (Å²) in [4.78, 5) is 37.8. The predicted octanol–water partition coefficient (Wildman–Crippen LogP) is 3.02. The number of halogens is 1. The average Bonchev–Trinajstić information content (AvgIpc) is 2.95. The Labute approximate surface area is 162 Å². The highest BCUT2D eigenvalue weighted by atomic mass is 19.1. The number of amides is 4. The highest BCUT2D eigenvalue weighted by Crippen LogP contribution is 2.16. The number of hydrogen-bond donors (Lipinski definition) is 2. The van der Waals surface area contributed by atoms with Crippen LogP contribution in [0.4, 0.5) is 14.9 Å². The molecule has 0 saturated carbocycles. The Morgan fingerprint density at radius 3 is 2.64 bits per heavy atom. The van der Waals surface area contributed by atoms with E-state index in [4.69, 9.17) is 0 Å². The highest BCUT2D eigenvalue weighted by Gasteiger charge is 2.37. The lowest BCUT2D eigenvalue weighted by molar-refractivity contribution is -0.127. The Morgan fingerprint density at radius 2 is 1.93 bits per heavy atom. The van der Waals surface area contributed by atoms with Gasteiger partial charge in [-0.25, -0.2) is 9.18 Å². The Morgan fingerprint density at radius 1 is 1.18 bits per heavy atom. The molecule has 6 nitrogen and oxygen atoms in total. The van der Waals surface area contributed by atoms with Crippen LogP contribution in [0.3, 0.4) is 0 Å². The molecule has 1 aliphatic heterocycles. The minimum absolute atomic E-state index is 0.0404. The highest BCUT2D eigenvalue weighted by molar-refractivity contribution is 6.04. The summed E-state index contributed by atoms with van der Waals surface area (Å²) < 4.78 is 13.5. The molecule has 28 heavy (non-hydrogen) atoms. The molecule has 1 atom stereocenters. The van der Waals surface area contributed by atoms with Gasteiger partial charge in [0, 0.05) is 18.7 Å². The maximum atomic E-state index is 13.5. The number of carbonyl (C=O) groups is 3. The zero-order valence-electron chi connectivity index (χ0n) is 15.6. The molecule has 1 saturated heterocycles. The fourth-order valence-corrected chi connectivity index (χ4v) is 3.04. The minimum Gasteiger partial charge on any atom is -0.326 e. The van der Waals surface area contributed by atoms with Crippen LogP contribution in [0, 0.1) is 12.7 Å². The number of rotatable bonds is 7. The van der Waals surface area contributed by atoms with E-state index in [9.17, 15) is 18.8 Å². The summed E-state index contributed by atoms with van der Waals surface area (Å²) in [6, 6.07) is 12.9. The third-order valence-electron chi connectivity index (χ3n) is 4.69. The summed E-state index contributed by atoms with van der Waals surface area (Å²) in [5, 5.41) is 5.22. The zero-order valence-corrected chi connectivity index (χ0v) is 15.6. The van der Waals surface area contributed by atoms with Crippen molar-refractivity contribution < 1.29 is 18.8 Å². The van der Waals surface area contributed by atoms with Crippen molar-refractivity contribution in [3.8, 4) is 0 Å². The SMILES string of the molecule is Cc1ccc(NC(=O)CC[C@@H]2NC(=O)N(CCc3ccccc3)C2=O)cc1F. The van der Waals surface area contributed by atoms with E-state index in [1.165, 1.54) is 11.0 Å². The van der Waals surface area contributed by atoms with Gasteiger partial charge in [-0.05, 0) is 43.0 Å². The topological polar surface area (TPSA) is 78.5 Å². The first-order valence-corrected chi connectivity index (χ1v) is 9.16. The molecule has 7 heteroatoms. The molecule has 2 N–H and O–H groups in total. The molecule has 0 aliphatic carbocycles. The monoisotopic (exact) mass is 383 g/mol. The van der Waals surface area contributed by atoms with Crippen molar-refractivity contribution in [1.29, 1.82) is 0 Å². The van der Waals surface area contributed by atoms with Gasteiger partial charge in [0.2, 0.25) is 5.91 Å². The van der Waals surface area contributed by atoms with E-state index in [2.05, 4.69) is 10.6 Å². The van der Waals surface area contributed by atoms with Crippen LogP contribution in [0.15, 0.2) is 48.5 Å². The van der Waals surface area contributed by atoms with Gasteiger partial charge in [0.05, 0.1) is 0 Å². The van der Waals surface area contributed by atoms with Crippen LogP contribution in [0.25, 0.3) is 0 Å². The molecular weight excluding hydrogens is 361 g/mol. The van der Waals surface area contributed by atoms with Gasteiger partial charge in [0.25, 0.3) is 5.91 Å². The Kier molecular flexibility index (Phi) is 6.03. The number of imide groups is 1. The van der Waals surface area contributed by atoms with Gasteiger partial charge in [-0.3, -0.25) is 14.5 Å². The standard InChI is InChI=1S/C21H22FN3O3/c1-14-7-8-16(13-17(14)22)23-19(26)10-9-18-20(27)25(21(28)24-18)12-11-15-5-3-2-4-6-15/h2-8,13,18H,9-12H2,1H3,(H,23,26)(H,24,28)/t18-/m0/s1. The maximum Gasteiger partial charge on any atom is 0.324 e. The predicted molar refractivity (Wildman–Crippen MR) is 103 cm³/mol. The average molecular weight is 383 g/mol. The van der Waals surface area contributed by atoms with Crippen molar-refractivity contribution in [3.63, 3.8) is 0 Å². The van der Waals surface area contributed by atoms with Gasteiger partial charge >= 0.3 is 6.03 Å². The molecule has 0 aromatic heterocycles. The fraction of sp³-hybridized carbons (Fsp3) is 0.286. The summed E-state index contributed by atoms with van der Waals surface area (Å²) >= 11 is 0. The minimum atomic E-state index is -0.719. The van der Waals surface area contributed by atoms with Crippen molar-refractivity contribution in [1.82, 2.24) is 10.2 Å².